The van der Waals surface area contributed by atoms with E-state index in [-0.39, 0.29) is 18.9 Å². The fourth-order valence-corrected chi connectivity index (χ4v) is 8.98. The highest BCUT2D eigenvalue weighted by Crippen LogP contribution is 2.30. The van der Waals surface area contributed by atoms with Crippen LogP contribution in [0.5, 0.6) is 0 Å². The lowest BCUT2D eigenvalue weighted by molar-refractivity contribution is -0.359. The average Bonchev–Trinajstić information content (AvgIpc) is 2.95. The molecule has 0 aliphatic carbocycles. The summed E-state index contributed by atoms with van der Waals surface area (Å²) in [7, 11) is 0. The standard InChI is InChI=1S/C70H109NO13/c1-3-5-7-9-11-13-14-15-16-17-18-19-20-21-22-23-24-25-26-27-28-29-30-31-32-33-34-35-36-37-38-39-40-41-42-43-44-46-48-50-52-54-62(75)71-58(59(74)53-51-49-47-45-12-10-8-6-4-2)57-81-69-67(80)65(78)68(61(56-73)83-69)84-70-66(79)64(77)63(76)60(55-72)82-70/h4-7,11-13,15-16,18-19,21-22,24-25,27-28,30-31,33-34,36-37,39-40,45,51,53,58-61,63-70,72-74,76-80H,3,8-10,14,17,20,23,26,29,32,35,38,41-44,46-50,52,54-57H2,1-2H3,(H,71,75)/b6-4+,7-5-,13-11-,16-15-,19-18-,22-21-,25-24-,28-27-,31-30-,34-33-,37-36-,40-39-,45-12+,53-51+. The summed E-state index contributed by atoms with van der Waals surface area (Å²) in [6.45, 7) is 2.37. The average molecular weight is 1170 g/mol. The third kappa shape index (κ3) is 37.0. The lowest BCUT2D eigenvalue weighted by atomic mass is 9.97. The number of nitrogens with one attached hydrogen (secondary N) is 1. The van der Waals surface area contributed by atoms with Gasteiger partial charge in [-0.1, -0.05) is 209 Å². The van der Waals surface area contributed by atoms with E-state index in [2.05, 4.69) is 164 Å². The Bertz CT molecular complexity index is 2060. The molecule has 0 spiro atoms. The molecule has 0 bridgehead atoms. The molecule has 0 aromatic heterocycles. The van der Waals surface area contributed by atoms with E-state index in [0.29, 0.717) is 12.8 Å². The van der Waals surface area contributed by atoms with Crippen molar-refractivity contribution in [1.82, 2.24) is 5.32 Å². The molecule has 14 heteroatoms. The first kappa shape index (κ1) is 75.4. The minimum atomic E-state index is -1.80. The highest BCUT2D eigenvalue weighted by Gasteiger charge is 2.51. The summed E-state index contributed by atoms with van der Waals surface area (Å²) in [5.41, 5.74) is 0. The fraction of sp³-hybridized carbons (Fsp3) is 0.586. The summed E-state index contributed by atoms with van der Waals surface area (Å²) in [5, 5.41) is 86.7. The van der Waals surface area contributed by atoms with Crippen LogP contribution in [0.1, 0.15) is 168 Å². The number of hydrogen-bond acceptors (Lipinski definition) is 13. The number of unbranched alkanes of at least 4 members (excludes halogenated alkanes) is 9. The monoisotopic (exact) mass is 1170 g/mol. The van der Waals surface area contributed by atoms with Gasteiger partial charge in [0.2, 0.25) is 5.91 Å². The molecular formula is C70H109NO13. The van der Waals surface area contributed by atoms with Crippen molar-refractivity contribution in [3.8, 4) is 0 Å². The third-order valence-electron chi connectivity index (χ3n) is 14.0. The number of rotatable bonds is 47. The van der Waals surface area contributed by atoms with Gasteiger partial charge in [-0.15, -0.1) is 0 Å². The zero-order chi connectivity index (χ0) is 60.9. The molecule has 12 atom stereocenters. The van der Waals surface area contributed by atoms with Crippen molar-refractivity contribution in [2.75, 3.05) is 19.8 Å². The minimum Gasteiger partial charge on any atom is -0.394 e. The van der Waals surface area contributed by atoms with Crippen LogP contribution in [0.3, 0.4) is 0 Å². The maximum absolute atomic E-state index is 13.2. The molecule has 84 heavy (non-hydrogen) atoms. The summed E-state index contributed by atoms with van der Waals surface area (Å²) in [4.78, 5) is 13.2. The van der Waals surface area contributed by atoms with Crippen molar-refractivity contribution in [2.24, 2.45) is 0 Å². The molecule has 2 saturated heterocycles. The molecule has 12 unspecified atom stereocenters. The van der Waals surface area contributed by atoms with Crippen molar-refractivity contribution >= 4 is 5.91 Å². The first-order chi connectivity index (χ1) is 41.1. The first-order valence-corrected chi connectivity index (χ1v) is 31.3. The van der Waals surface area contributed by atoms with Crippen LogP contribution >= 0.6 is 0 Å². The van der Waals surface area contributed by atoms with E-state index < -0.39 is 86.8 Å². The van der Waals surface area contributed by atoms with Crippen LogP contribution in [0.25, 0.3) is 0 Å². The number of allylic oxidation sites excluding steroid dienone is 27. The summed E-state index contributed by atoms with van der Waals surface area (Å²) in [5.74, 6) is -0.277. The molecule has 2 aliphatic rings. The van der Waals surface area contributed by atoms with Gasteiger partial charge >= 0.3 is 0 Å². The number of carbonyl (C=O) groups excluding carboxylic acids is 1. The van der Waals surface area contributed by atoms with Crippen molar-refractivity contribution in [2.45, 2.75) is 242 Å². The van der Waals surface area contributed by atoms with Gasteiger partial charge in [0.1, 0.15) is 48.8 Å². The van der Waals surface area contributed by atoms with Crippen LogP contribution in [0.4, 0.5) is 0 Å². The van der Waals surface area contributed by atoms with E-state index in [1.165, 1.54) is 0 Å². The number of aliphatic hydroxyl groups is 8. The molecular weight excluding hydrogens is 1060 g/mol. The van der Waals surface area contributed by atoms with Gasteiger partial charge in [-0.25, -0.2) is 0 Å². The molecule has 0 radical (unpaired) electrons. The molecule has 2 heterocycles. The van der Waals surface area contributed by atoms with Gasteiger partial charge in [-0.05, 0) is 122 Å². The molecule has 1 amide bonds. The van der Waals surface area contributed by atoms with Gasteiger partial charge in [0, 0.05) is 6.42 Å². The van der Waals surface area contributed by atoms with Crippen LogP contribution in [-0.4, -0.2) is 140 Å². The number of hydrogen-bond donors (Lipinski definition) is 9. The van der Waals surface area contributed by atoms with E-state index in [0.717, 1.165) is 135 Å². The Morgan fingerprint density at radius 1 is 0.452 bits per heavy atom. The SMILES string of the molecule is C/C=C/CC/C=C/CC/C=C/C(O)C(COC1OC(CO)C(OC2OC(CO)C(O)C(O)C2O)C(O)C1O)NC(=O)CCCCCCCCC/C=C\C/C=C\C/C=C\C/C=C\C/C=C\C/C=C\C/C=C\C/C=C\C/C=C\C/C=C\C/C=C\CC. The van der Waals surface area contributed by atoms with E-state index in [1.807, 2.05) is 19.1 Å². The fourth-order valence-electron chi connectivity index (χ4n) is 8.98. The van der Waals surface area contributed by atoms with Crippen LogP contribution in [-0.2, 0) is 23.7 Å². The zero-order valence-corrected chi connectivity index (χ0v) is 50.8. The lowest BCUT2D eigenvalue weighted by Crippen LogP contribution is -2.65. The minimum absolute atomic E-state index is 0.244. The van der Waals surface area contributed by atoms with Crippen molar-refractivity contribution in [1.29, 1.82) is 0 Å². The summed E-state index contributed by atoms with van der Waals surface area (Å²) in [6.07, 6.45) is 65.9. The third-order valence-corrected chi connectivity index (χ3v) is 14.0. The second kappa shape index (κ2) is 52.7. The Labute approximate surface area is 505 Å². The molecule has 2 fully saturated rings. The second-order valence-corrected chi connectivity index (χ2v) is 21.1. The van der Waals surface area contributed by atoms with Gasteiger partial charge in [-0.3, -0.25) is 4.79 Å². The maximum Gasteiger partial charge on any atom is 0.220 e. The number of amides is 1. The van der Waals surface area contributed by atoms with Crippen LogP contribution < -0.4 is 5.32 Å². The number of aliphatic hydroxyl groups excluding tert-OH is 8. The molecule has 9 N–H and O–H groups in total. The summed E-state index contributed by atoms with van der Waals surface area (Å²) >= 11 is 0. The predicted molar refractivity (Wildman–Crippen MR) is 340 cm³/mol. The van der Waals surface area contributed by atoms with E-state index >= 15 is 0 Å². The van der Waals surface area contributed by atoms with E-state index in [1.54, 1.807) is 6.08 Å². The molecule has 0 saturated carbocycles. The van der Waals surface area contributed by atoms with Gasteiger partial charge in [0.05, 0.1) is 32.0 Å². The predicted octanol–water partition coefficient (Wildman–Crippen LogP) is 11.7. The Morgan fingerprint density at radius 3 is 1.31 bits per heavy atom. The Morgan fingerprint density at radius 2 is 0.845 bits per heavy atom. The van der Waals surface area contributed by atoms with E-state index in [4.69, 9.17) is 18.9 Å². The van der Waals surface area contributed by atoms with Crippen molar-refractivity contribution < 1.29 is 64.6 Å². The largest absolute Gasteiger partial charge is 0.394 e. The Hall–Kier alpha value is -4.65. The lowest BCUT2D eigenvalue weighted by Gasteiger charge is -2.46. The quantitative estimate of drug-likeness (QED) is 0.0204. The molecule has 14 nitrogen and oxygen atoms in total. The number of ether oxygens (including phenoxy) is 4. The van der Waals surface area contributed by atoms with Crippen molar-refractivity contribution in [3.05, 3.63) is 170 Å². The molecule has 2 rings (SSSR count). The normalized spacial score (nSPS) is 24.9. The first-order valence-electron chi connectivity index (χ1n) is 31.3. The van der Waals surface area contributed by atoms with Crippen LogP contribution in [0.2, 0.25) is 0 Å². The highest BCUT2D eigenvalue weighted by atomic mass is 16.7. The Kier molecular flexibility index (Phi) is 47.3. The number of carbonyl (C=O) groups is 1. The summed E-state index contributed by atoms with van der Waals surface area (Å²) < 4.78 is 22.7. The zero-order valence-electron chi connectivity index (χ0n) is 50.8. The van der Waals surface area contributed by atoms with Crippen molar-refractivity contribution in [3.63, 3.8) is 0 Å². The molecule has 0 aromatic rings. The summed E-state index contributed by atoms with van der Waals surface area (Å²) in [6, 6.07) is -0.954. The van der Waals surface area contributed by atoms with Gasteiger partial charge in [0.15, 0.2) is 12.6 Å². The van der Waals surface area contributed by atoms with Crippen LogP contribution in [0.15, 0.2) is 170 Å². The maximum atomic E-state index is 13.2. The molecule has 472 valence electrons. The van der Waals surface area contributed by atoms with Gasteiger partial charge in [-0.2, -0.15) is 0 Å². The van der Waals surface area contributed by atoms with Crippen LogP contribution in [0, 0.1) is 0 Å². The highest BCUT2D eigenvalue weighted by molar-refractivity contribution is 5.76. The molecule has 2 aliphatic heterocycles. The second-order valence-electron chi connectivity index (χ2n) is 21.1. The van der Waals surface area contributed by atoms with Gasteiger partial charge < -0.3 is 65.1 Å². The smallest absolute Gasteiger partial charge is 0.220 e. The topological polar surface area (TPSA) is 228 Å². The van der Waals surface area contributed by atoms with E-state index in [9.17, 15) is 45.6 Å². The molecule has 0 aromatic carbocycles. The van der Waals surface area contributed by atoms with Gasteiger partial charge in [0.25, 0.3) is 0 Å². The Balaban J connectivity index is 1.60.